The molecule has 0 saturated carbocycles. The predicted octanol–water partition coefficient (Wildman–Crippen LogP) is 3.10. The number of aromatic nitrogens is 1. The molecule has 19 heavy (non-hydrogen) atoms. The van der Waals surface area contributed by atoms with Gasteiger partial charge in [0.05, 0.1) is 5.01 Å². The molecular weight excluding hydrogens is 254 g/mol. The number of benzene rings is 1. The van der Waals surface area contributed by atoms with Crippen LogP contribution < -0.4 is 11.1 Å². The smallest absolute Gasteiger partial charge is 0.0897 e. The molecule has 0 atom stereocenters. The van der Waals surface area contributed by atoms with E-state index >= 15 is 0 Å². The number of hydrogen-bond donors (Lipinski definition) is 2. The minimum Gasteiger partial charge on any atom is -0.399 e. The fourth-order valence-corrected chi connectivity index (χ4v) is 2.79. The molecule has 0 bridgehead atoms. The molecule has 0 aliphatic heterocycles. The Morgan fingerprint density at radius 2 is 1.95 bits per heavy atom. The van der Waals surface area contributed by atoms with Crippen LogP contribution in [0.15, 0.2) is 30.5 Å². The molecule has 0 aliphatic carbocycles. The second kappa shape index (κ2) is 5.72. The predicted molar refractivity (Wildman–Crippen MR) is 82.4 cm³/mol. The highest BCUT2D eigenvalue weighted by Gasteiger charge is 2.19. The van der Waals surface area contributed by atoms with E-state index in [9.17, 15) is 0 Å². The van der Waals surface area contributed by atoms with Crippen LogP contribution in [-0.4, -0.2) is 11.5 Å². The molecule has 1 aromatic carbocycles. The normalized spacial score (nSPS) is 11.7. The van der Waals surface area contributed by atoms with Crippen LogP contribution in [0.3, 0.4) is 0 Å². The number of thiazole rings is 1. The number of nitrogen functional groups attached to an aromatic ring is 1. The van der Waals surface area contributed by atoms with Gasteiger partial charge in [-0.25, -0.2) is 4.98 Å². The van der Waals surface area contributed by atoms with Crippen LogP contribution in [-0.2, 0) is 12.0 Å². The second-order valence-corrected chi connectivity index (χ2v) is 6.77. The van der Waals surface area contributed by atoms with Gasteiger partial charge in [0.2, 0.25) is 0 Å². The van der Waals surface area contributed by atoms with Crippen molar-refractivity contribution in [2.45, 2.75) is 32.7 Å². The van der Waals surface area contributed by atoms with Crippen molar-refractivity contribution in [3.63, 3.8) is 0 Å². The highest BCUT2D eigenvalue weighted by molar-refractivity contribution is 7.11. The summed E-state index contributed by atoms with van der Waals surface area (Å²) in [7, 11) is 0. The van der Waals surface area contributed by atoms with Crippen LogP contribution in [0.4, 0.5) is 5.69 Å². The van der Waals surface area contributed by atoms with Gasteiger partial charge in [-0.3, -0.25) is 0 Å². The lowest BCUT2D eigenvalue weighted by Crippen LogP contribution is -2.32. The number of anilines is 1. The standard InChI is InChI=1S/C15H21N3S/c1-11-18-9-14(19-11)8-17-10-15(2,3)12-4-6-13(16)7-5-12/h4-7,9,17H,8,10,16H2,1-3H3. The van der Waals surface area contributed by atoms with E-state index < -0.39 is 0 Å². The van der Waals surface area contributed by atoms with Crippen molar-refractivity contribution in [2.24, 2.45) is 0 Å². The maximum Gasteiger partial charge on any atom is 0.0897 e. The lowest BCUT2D eigenvalue weighted by Gasteiger charge is -2.25. The maximum absolute atomic E-state index is 5.73. The zero-order valence-electron chi connectivity index (χ0n) is 11.7. The molecule has 0 unspecified atom stereocenters. The summed E-state index contributed by atoms with van der Waals surface area (Å²) in [6, 6.07) is 8.13. The summed E-state index contributed by atoms with van der Waals surface area (Å²) in [5, 5.41) is 4.63. The summed E-state index contributed by atoms with van der Waals surface area (Å²) < 4.78 is 0. The minimum atomic E-state index is 0.0907. The van der Waals surface area contributed by atoms with Gasteiger partial charge in [0.15, 0.2) is 0 Å². The average Bonchev–Trinajstić information content (AvgIpc) is 2.75. The molecule has 0 amide bonds. The summed E-state index contributed by atoms with van der Waals surface area (Å²) in [6.07, 6.45) is 1.95. The van der Waals surface area contributed by atoms with Gasteiger partial charge >= 0.3 is 0 Å². The summed E-state index contributed by atoms with van der Waals surface area (Å²) in [5.41, 5.74) is 7.93. The number of hydrogen-bond acceptors (Lipinski definition) is 4. The largest absolute Gasteiger partial charge is 0.399 e. The Morgan fingerprint density at radius 1 is 1.26 bits per heavy atom. The molecule has 0 radical (unpaired) electrons. The molecular formula is C15H21N3S. The van der Waals surface area contributed by atoms with Gasteiger partial charge in [-0.2, -0.15) is 0 Å². The second-order valence-electron chi connectivity index (χ2n) is 5.46. The van der Waals surface area contributed by atoms with Crippen LogP contribution in [0.5, 0.6) is 0 Å². The van der Waals surface area contributed by atoms with Crippen molar-refractivity contribution in [3.8, 4) is 0 Å². The molecule has 1 heterocycles. The van der Waals surface area contributed by atoms with Crippen molar-refractivity contribution in [1.82, 2.24) is 10.3 Å². The maximum atomic E-state index is 5.73. The van der Waals surface area contributed by atoms with Crippen molar-refractivity contribution in [1.29, 1.82) is 0 Å². The molecule has 0 fully saturated rings. The Hall–Kier alpha value is -1.39. The lowest BCUT2D eigenvalue weighted by molar-refractivity contribution is 0.470. The lowest BCUT2D eigenvalue weighted by atomic mass is 9.84. The van der Waals surface area contributed by atoms with E-state index in [0.717, 1.165) is 23.8 Å². The molecule has 4 heteroatoms. The van der Waals surface area contributed by atoms with E-state index in [-0.39, 0.29) is 5.41 Å². The van der Waals surface area contributed by atoms with E-state index in [0.29, 0.717) is 0 Å². The van der Waals surface area contributed by atoms with Gasteiger partial charge in [-0.05, 0) is 24.6 Å². The van der Waals surface area contributed by atoms with Crippen LogP contribution >= 0.6 is 11.3 Å². The van der Waals surface area contributed by atoms with Crippen LogP contribution in [0, 0.1) is 6.92 Å². The molecule has 0 aliphatic rings. The SMILES string of the molecule is Cc1ncc(CNCC(C)(C)c2ccc(N)cc2)s1. The average molecular weight is 275 g/mol. The van der Waals surface area contributed by atoms with E-state index in [2.05, 4.69) is 36.3 Å². The third-order valence-corrected chi connectivity index (χ3v) is 4.14. The van der Waals surface area contributed by atoms with E-state index in [4.69, 9.17) is 5.73 Å². The molecule has 1 aromatic heterocycles. The topological polar surface area (TPSA) is 50.9 Å². The zero-order valence-corrected chi connectivity index (χ0v) is 12.6. The fourth-order valence-electron chi connectivity index (χ4n) is 2.02. The summed E-state index contributed by atoms with van der Waals surface area (Å²) >= 11 is 1.75. The molecule has 2 aromatic rings. The molecule has 3 nitrogen and oxygen atoms in total. The number of nitrogens with zero attached hydrogens (tertiary/aromatic N) is 1. The summed E-state index contributed by atoms with van der Waals surface area (Å²) in [6.45, 7) is 8.32. The van der Waals surface area contributed by atoms with E-state index in [1.54, 1.807) is 11.3 Å². The molecule has 0 spiro atoms. The van der Waals surface area contributed by atoms with Crippen molar-refractivity contribution >= 4 is 17.0 Å². The van der Waals surface area contributed by atoms with E-state index in [1.807, 2.05) is 25.3 Å². The Kier molecular flexibility index (Phi) is 4.22. The minimum absolute atomic E-state index is 0.0907. The Morgan fingerprint density at radius 3 is 2.53 bits per heavy atom. The third-order valence-electron chi connectivity index (χ3n) is 3.23. The molecule has 2 rings (SSSR count). The zero-order chi connectivity index (χ0) is 13.9. The Labute approximate surface area is 118 Å². The Balaban J connectivity index is 1.92. The summed E-state index contributed by atoms with van der Waals surface area (Å²) in [4.78, 5) is 5.55. The number of rotatable bonds is 5. The van der Waals surface area contributed by atoms with Gasteiger partial charge in [0.1, 0.15) is 0 Å². The quantitative estimate of drug-likeness (QED) is 0.824. The van der Waals surface area contributed by atoms with Crippen LogP contribution in [0.2, 0.25) is 0 Å². The van der Waals surface area contributed by atoms with Crippen LogP contribution in [0.1, 0.15) is 29.3 Å². The Bertz CT molecular complexity index is 529. The molecule has 3 N–H and O–H groups in total. The first-order chi connectivity index (χ1) is 8.97. The first kappa shape index (κ1) is 14.0. The first-order valence-electron chi connectivity index (χ1n) is 6.45. The van der Waals surface area contributed by atoms with E-state index in [1.165, 1.54) is 10.4 Å². The van der Waals surface area contributed by atoms with Gasteiger partial charge in [0, 0.05) is 35.3 Å². The highest BCUT2D eigenvalue weighted by Crippen LogP contribution is 2.23. The summed E-state index contributed by atoms with van der Waals surface area (Å²) in [5.74, 6) is 0. The van der Waals surface area contributed by atoms with Gasteiger partial charge in [-0.1, -0.05) is 26.0 Å². The van der Waals surface area contributed by atoms with Crippen LogP contribution in [0.25, 0.3) is 0 Å². The molecule has 0 saturated heterocycles. The van der Waals surface area contributed by atoms with Crippen molar-refractivity contribution in [3.05, 3.63) is 45.9 Å². The van der Waals surface area contributed by atoms with Crippen molar-refractivity contribution < 1.29 is 0 Å². The van der Waals surface area contributed by atoms with Gasteiger partial charge in [0.25, 0.3) is 0 Å². The van der Waals surface area contributed by atoms with Crippen molar-refractivity contribution in [2.75, 3.05) is 12.3 Å². The van der Waals surface area contributed by atoms with Gasteiger partial charge < -0.3 is 11.1 Å². The first-order valence-corrected chi connectivity index (χ1v) is 7.27. The fraction of sp³-hybridized carbons (Fsp3) is 0.400. The number of nitrogens with two attached hydrogens (primary N) is 1. The monoisotopic (exact) mass is 275 g/mol. The number of nitrogens with one attached hydrogen (secondary N) is 1. The highest BCUT2D eigenvalue weighted by atomic mass is 32.1. The van der Waals surface area contributed by atoms with Gasteiger partial charge in [-0.15, -0.1) is 11.3 Å². The number of aryl methyl sites for hydroxylation is 1. The molecule has 102 valence electrons. The third kappa shape index (κ3) is 3.78.